The van der Waals surface area contributed by atoms with Gasteiger partial charge in [0.05, 0.1) is 0 Å². The second-order valence-corrected chi connectivity index (χ2v) is 4.41. The molecule has 0 atom stereocenters. The molecular weight excluding hydrogens is 291 g/mol. The Bertz CT molecular complexity index is 623. The molecule has 0 spiro atoms. The van der Waals surface area contributed by atoms with Crippen LogP contribution in [0.2, 0.25) is 0 Å². The molecule has 3 rings (SSSR count). The summed E-state index contributed by atoms with van der Waals surface area (Å²) in [6.07, 6.45) is 0. The third-order valence-corrected chi connectivity index (χ3v) is 3.30. The van der Waals surface area contributed by atoms with Gasteiger partial charge in [-0.05, 0) is 46.5 Å². The van der Waals surface area contributed by atoms with E-state index < -0.39 is 0 Å². The van der Waals surface area contributed by atoms with Crippen LogP contribution in [0.15, 0.2) is 48.5 Å². The molecule has 0 saturated carbocycles. The number of hydrogen-bond donors (Lipinski definition) is 0. The van der Waals surface area contributed by atoms with Gasteiger partial charge in [0, 0.05) is 0 Å². The van der Waals surface area contributed by atoms with Gasteiger partial charge in [-0.3, -0.25) is 0 Å². The van der Waals surface area contributed by atoms with Crippen LogP contribution in [0.25, 0.3) is 21.5 Å². The Morgan fingerprint density at radius 3 is 1.23 bits per heavy atom. The summed E-state index contributed by atoms with van der Waals surface area (Å²) < 4.78 is 0. The number of rotatable bonds is 0. The molecule has 0 aliphatic rings. The topological polar surface area (TPSA) is 0 Å². The SMILES string of the molecule is C.CC.Cc1cccc2ccc3cccc(C)c3c12.[CH3-].[CH3-].[K+]. The van der Waals surface area contributed by atoms with E-state index in [1.165, 1.54) is 32.7 Å². The largest absolute Gasteiger partial charge is 1.00 e. The van der Waals surface area contributed by atoms with Crippen LogP contribution in [0.3, 0.4) is 0 Å². The van der Waals surface area contributed by atoms with Gasteiger partial charge >= 0.3 is 51.4 Å². The summed E-state index contributed by atoms with van der Waals surface area (Å²) in [7, 11) is 0. The Kier molecular flexibility index (Phi) is 14.9. The van der Waals surface area contributed by atoms with Crippen molar-refractivity contribution in [2.75, 3.05) is 0 Å². The van der Waals surface area contributed by atoms with Gasteiger partial charge in [0.2, 0.25) is 0 Å². The van der Waals surface area contributed by atoms with Gasteiger partial charge in [-0.25, -0.2) is 0 Å². The molecule has 0 radical (unpaired) electrons. The van der Waals surface area contributed by atoms with Crippen molar-refractivity contribution in [2.45, 2.75) is 35.1 Å². The van der Waals surface area contributed by atoms with Gasteiger partial charge in [0.1, 0.15) is 0 Å². The summed E-state index contributed by atoms with van der Waals surface area (Å²) in [5, 5.41) is 5.47. The number of hydrogen-bond acceptors (Lipinski definition) is 0. The first-order valence-corrected chi connectivity index (χ1v) is 6.65. The van der Waals surface area contributed by atoms with E-state index in [1.807, 2.05) is 13.8 Å². The molecule has 0 unspecified atom stereocenters. The molecular formula is C21H30K-. The second-order valence-electron chi connectivity index (χ2n) is 4.41. The van der Waals surface area contributed by atoms with Gasteiger partial charge in [0.25, 0.3) is 0 Å². The van der Waals surface area contributed by atoms with Crippen LogP contribution < -0.4 is 51.4 Å². The third kappa shape index (κ3) is 5.18. The fraction of sp³-hybridized carbons (Fsp3) is 0.238. The molecule has 0 nitrogen and oxygen atoms in total. The smallest absolute Gasteiger partial charge is 0.358 e. The summed E-state index contributed by atoms with van der Waals surface area (Å²) >= 11 is 0. The van der Waals surface area contributed by atoms with Crippen molar-refractivity contribution in [2.24, 2.45) is 0 Å². The first-order valence-electron chi connectivity index (χ1n) is 6.65. The summed E-state index contributed by atoms with van der Waals surface area (Å²) in [5.74, 6) is 0. The first-order chi connectivity index (χ1) is 8.77. The van der Waals surface area contributed by atoms with Crippen LogP contribution in [0.5, 0.6) is 0 Å². The zero-order valence-electron chi connectivity index (χ0n) is 14.6. The molecule has 0 heterocycles. The molecule has 0 amide bonds. The van der Waals surface area contributed by atoms with Crippen LogP contribution in [0.1, 0.15) is 32.4 Å². The minimum atomic E-state index is 0. The van der Waals surface area contributed by atoms with Crippen LogP contribution in [-0.2, 0) is 0 Å². The Morgan fingerprint density at radius 1 is 0.591 bits per heavy atom. The van der Waals surface area contributed by atoms with E-state index in [1.54, 1.807) is 0 Å². The quantitative estimate of drug-likeness (QED) is 0.331. The van der Waals surface area contributed by atoms with E-state index in [0.29, 0.717) is 0 Å². The van der Waals surface area contributed by atoms with Crippen LogP contribution in [0, 0.1) is 28.7 Å². The Labute approximate surface area is 180 Å². The second kappa shape index (κ2) is 12.3. The Balaban J connectivity index is -0.000000579. The van der Waals surface area contributed by atoms with Gasteiger partial charge in [-0.2, -0.15) is 0 Å². The molecule has 0 aromatic heterocycles. The van der Waals surface area contributed by atoms with Crippen molar-refractivity contribution in [3.63, 3.8) is 0 Å². The Hall–Kier alpha value is -0.184. The molecule has 3 aromatic carbocycles. The normalized spacial score (nSPS) is 8.36. The molecule has 0 aliphatic heterocycles. The third-order valence-electron chi connectivity index (χ3n) is 3.30. The van der Waals surface area contributed by atoms with Crippen LogP contribution >= 0.6 is 0 Å². The van der Waals surface area contributed by atoms with Crippen molar-refractivity contribution < 1.29 is 51.4 Å². The fourth-order valence-corrected chi connectivity index (χ4v) is 2.52. The van der Waals surface area contributed by atoms with E-state index in [2.05, 4.69) is 62.4 Å². The van der Waals surface area contributed by atoms with Crippen molar-refractivity contribution in [3.05, 3.63) is 74.5 Å². The van der Waals surface area contributed by atoms with E-state index in [4.69, 9.17) is 0 Å². The molecule has 0 N–H and O–H groups in total. The fourth-order valence-electron chi connectivity index (χ4n) is 2.52. The summed E-state index contributed by atoms with van der Waals surface area (Å²) in [6.45, 7) is 8.38. The minimum absolute atomic E-state index is 0. The zero-order valence-corrected chi connectivity index (χ0v) is 17.7. The van der Waals surface area contributed by atoms with Gasteiger partial charge in [-0.1, -0.05) is 69.8 Å². The number of fused-ring (bicyclic) bond motifs is 3. The van der Waals surface area contributed by atoms with Crippen molar-refractivity contribution in [1.82, 2.24) is 0 Å². The maximum absolute atomic E-state index is 2.21. The maximum Gasteiger partial charge on any atom is 1.00 e. The van der Waals surface area contributed by atoms with Crippen molar-refractivity contribution >= 4 is 21.5 Å². The summed E-state index contributed by atoms with van der Waals surface area (Å²) in [5.41, 5.74) is 2.72. The zero-order chi connectivity index (χ0) is 13.1. The molecule has 3 aromatic rings. The van der Waals surface area contributed by atoms with Crippen molar-refractivity contribution in [3.8, 4) is 0 Å². The summed E-state index contributed by atoms with van der Waals surface area (Å²) in [4.78, 5) is 0. The molecule has 0 fully saturated rings. The van der Waals surface area contributed by atoms with Gasteiger partial charge in [-0.15, -0.1) is 0 Å². The van der Waals surface area contributed by atoms with Gasteiger partial charge < -0.3 is 14.9 Å². The van der Waals surface area contributed by atoms with E-state index in [0.717, 1.165) is 0 Å². The molecule has 22 heavy (non-hydrogen) atoms. The minimum Gasteiger partial charge on any atom is -0.358 e. The Morgan fingerprint density at radius 2 is 0.909 bits per heavy atom. The summed E-state index contributed by atoms with van der Waals surface area (Å²) in [6, 6.07) is 17.4. The van der Waals surface area contributed by atoms with E-state index in [9.17, 15) is 0 Å². The predicted octanol–water partition coefficient (Wildman–Crippen LogP) is 4.18. The average Bonchev–Trinajstić information content (AvgIpc) is 2.41. The van der Waals surface area contributed by atoms with Crippen LogP contribution in [-0.4, -0.2) is 0 Å². The molecule has 0 bridgehead atoms. The maximum atomic E-state index is 2.21. The molecule has 116 valence electrons. The van der Waals surface area contributed by atoms with Crippen LogP contribution in [0.4, 0.5) is 0 Å². The average molecular weight is 322 g/mol. The number of benzene rings is 3. The monoisotopic (exact) mass is 321 g/mol. The predicted molar refractivity (Wildman–Crippen MR) is 102 cm³/mol. The number of aryl methyl sites for hydroxylation is 2. The van der Waals surface area contributed by atoms with E-state index in [-0.39, 0.29) is 73.7 Å². The van der Waals surface area contributed by atoms with Gasteiger partial charge in [0.15, 0.2) is 0 Å². The standard InChI is InChI=1S/C16H14.C2H6.CH4.2CH3.K/c1-11-5-3-7-13-9-10-14-8-4-6-12(2)16(14)15(11)13;1-2;;;;/h3-10H,1-2H3;1-2H3;1H4;2*1H3;/q;;;2*-1;+1. The molecule has 0 aliphatic carbocycles. The van der Waals surface area contributed by atoms with Crippen molar-refractivity contribution in [1.29, 1.82) is 0 Å². The molecule has 1 heteroatoms. The van der Waals surface area contributed by atoms with E-state index >= 15 is 0 Å². The first kappa shape index (κ1) is 26.7. The molecule has 0 saturated heterocycles.